The maximum atomic E-state index is 12.9. The molecule has 1 saturated heterocycles. The molecule has 0 aliphatic carbocycles. The molecule has 65 heavy (non-hydrogen) atoms. The molecule has 0 aromatic rings. The van der Waals surface area contributed by atoms with Gasteiger partial charge in [-0.2, -0.15) is 0 Å². The molecular formula is C54H93NO10. The van der Waals surface area contributed by atoms with Gasteiger partial charge >= 0.3 is 5.97 Å². The number of aliphatic hydroxyl groups is 5. The quantitative estimate of drug-likeness (QED) is 0.0196. The third-order valence-corrected chi connectivity index (χ3v) is 11.5. The van der Waals surface area contributed by atoms with Crippen LogP contribution in [0.3, 0.4) is 0 Å². The van der Waals surface area contributed by atoms with Crippen molar-refractivity contribution in [2.45, 2.75) is 236 Å². The smallest absolute Gasteiger partial charge is 0.305 e. The Labute approximate surface area is 394 Å². The first kappa shape index (κ1) is 60.1. The van der Waals surface area contributed by atoms with Crippen molar-refractivity contribution in [3.8, 4) is 0 Å². The van der Waals surface area contributed by atoms with Crippen LogP contribution in [0.15, 0.2) is 72.9 Å². The van der Waals surface area contributed by atoms with Gasteiger partial charge in [0, 0.05) is 12.8 Å². The van der Waals surface area contributed by atoms with Gasteiger partial charge in [0.05, 0.1) is 32.0 Å². The zero-order valence-electron chi connectivity index (χ0n) is 40.7. The van der Waals surface area contributed by atoms with E-state index in [1.807, 2.05) is 18.2 Å². The third-order valence-electron chi connectivity index (χ3n) is 11.5. The first-order valence-corrected chi connectivity index (χ1v) is 25.7. The van der Waals surface area contributed by atoms with E-state index in [4.69, 9.17) is 14.2 Å². The minimum atomic E-state index is -1.60. The number of amides is 1. The van der Waals surface area contributed by atoms with Gasteiger partial charge in [-0.3, -0.25) is 9.59 Å². The molecule has 1 amide bonds. The Morgan fingerprint density at radius 3 is 1.69 bits per heavy atom. The van der Waals surface area contributed by atoms with Crippen LogP contribution in [0, 0.1) is 0 Å². The van der Waals surface area contributed by atoms with Crippen molar-refractivity contribution in [2.75, 3.05) is 19.8 Å². The van der Waals surface area contributed by atoms with Crippen molar-refractivity contribution in [3.05, 3.63) is 72.9 Å². The van der Waals surface area contributed by atoms with Crippen molar-refractivity contribution in [3.63, 3.8) is 0 Å². The van der Waals surface area contributed by atoms with E-state index in [1.165, 1.54) is 77.0 Å². The maximum absolute atomic E-state index is 12.9. The first-order valence-electron chi connectivity index (χ1n) is 25.7. The van der Waals surface area contributed by atoms with Crippen LogP contribution < -0.4 is 5.32 Å². The number of aliphatic hydroxyl groups excluding tert-OH is 5. The molecule has 0 aromatic carbocycles. The highest BCUT2D eigenvalue weighted by atomic mass is 16.7. The number of carbonyl (C=O) groups excluding carboxylic acids is 2. The summed E-state index contributed by atoms with van der Waals surface area (Å²) in [5.74, 6) is -0.334. The summed E-state index contributed by atoms with van der Waals surface area (Å²) < 4.78 is 16.6. The fourth-order valence-electron chi connectivity index (χ4n) is 7.32. The van der Waals surface area contributed by atoms with E-state index in [0.29, 0.717) is 25.9 Å². The Hall–Kier alpha value is -2.90. The number of hydrogen-bond acceptors (Lipinski definition) is 10. The lowest BCUT2D eigenvalue weighted by atomic mass is 9.99. The Bertz CT molecular complexity index is 1310. The minimum absolute atomic E-state index is 0.0528. The summed E-state index contributed by atoms with van der Waals surface area (Å²) in [6.45, 7) is 4.12. The number of ether oxygens (including phenoxy) is 3. The SMILES string of the molecule is CCCC/C=C/CC/C=C/CC/C=C/C(O)C(COC1OC(CO)C(O)C(O)C1O)NC(=O)CC/C=C\C/C=C\CCCCCCCCOC(=O)CCCCCCC/C=C\CCCCC. The van der Waals surface area contributed by atoms with Crippen molar-refractivity contribution in [1.82, 2.24) is 5.32 Å². The molecule has 1 aliphatic rings. The Morgan fingerprint density at radius 2 is 1.08 bits per heavy atom. The van der Waals surface area contributed by atoms with Crippen molar-refractivity contribution >= 4 is 11.9 Å². The first-order chi connectivity index (χ1) is 31.7. The predicted octanol–water partition coefficient (Wildman–Crippen LogP) is 10.5. The van der Waals surface area contributed by atoms with E-state index < -0.39 is 49.5 Å². The predicted molar refractivity (Wildman–Crippen MR) is 264 cm³/mol. The second-order valence-corrected chi connectivity index (χ2v) is 17.5. The summed E-state index contributed by atoms with van der Waals surface area (Å²) in [5.41, 5.74) is 0. The topological polar surface area (TPSA) is 175 Å². The number of allylic oxidation sites excluding steroid dienone is 11. The zero-order valence-corrected chi connectivity index (χ0v) is 40.7. The molecule has 0 aromatic heterocycles. The molecule has 6 N–H and O–H groups in total. The highest BCUT2D eigenvalue weighted by Gasteiger charge is 2.44. The van der Waals surface area contributed by atoms with Crippen LogP contribution >= 0.6 is 0 Å². The number of hydrogen-bond donors (Lipinski definition) is 6. The van der Waals surface area contributed by atoms with Crippen LogP contribution in [0.5, 0.6) is 0 Å². The molecule has 0 bridgehead atoms. The van der Waals surface area contributed by atoms with Gasteiger partial charge < -0.3 is 45.1 Å². The standard InChI is InChI=1S/C54H93NO10/c1-3-5-7-9-11-13-15-20-24-28-32-36-40-47(57)46(45-64-54-53(62)52(61)51(60)48(44-56)65-54)55-49(58)41-37-33-29-25-21-18-17-19-23-27-31-35-39-43-63-50(59)42-38-34-30-26-22-16-14-12-10-8-6-4-2/h9,11-12,14,18,20-21,24,29,33,36,40,46-48,51-54,56-57,60-62H,3-8,10,13,15-17,19,22-23,25-28,30-32,34-35,37-39,41-45H2,1-2H3,(H,55,58)/b11-9+,14-12-,21-18-,24-20+,33-29-,40-36+. The molecule has 1 aliphatic heterocycles. The van der Waals surface area contributed by atoms with Crippen molar-refractivity contribution in [1.29, 1.82) is 0 Å². The van der Waals surface area contributed by atoms with Gasteiger partial charge in [-0.05, 0) is 96.3 Å². The van der Waals surface area contributed by atoms with Crippen molar-refractivity contribution in [2.24, 2.45) is 0 Å². The second kappa shape index (κ2) is 43.7. The lowest BCUT2D eigenvalue weighted by Gasteiger charge is -2.40. The largest absolute Gasteiger partial charge is 0.466 e. The fourth-order valence-corrected chi connectivity index (χ4v) is 7.32. The zero-order chi connectivity index (χ0) is 47.4. The van der Waals surface area contributed by atoms with E-state index >= 15 is 0 Å². The van der Waals surface area contributed by atoms with Crippen LogP contribution in [-0.2, 0) is 23.8 Å². The van der Waals surface area contributed by atoms with E-state index in [0.717, 1.165) is 77.0 Å². The second-order valence-electron chi connectivity index (χ2n) is 17.5. The summed E-state index contributed by atoms with van der Waals surface area (Å²) in [5, 5.41) is 54.1. The monoisotopic (exact) mass is 916 g/mol. The highest BCUT2D eigenvalue weighted by molar-refractivity contribution is 5.76. The van der Waals surface area contributed by atoms with Gasteiger partial charge in [0.1, 0.15) is 24.4 Å². The lowest BCUT2D eigenvalue weighted by Crippen LogP contribution is -2.60. The van der Waals surface area contributed by atoms with E-state index in [-0.39, 0.29) is 24.9 Å². The Morgan fingerprint density at radius 1 is 0.569 bits per heavy atom. The van der Waals surface area contributed by atoms with Crippen LogP contribution in [0.4, 0.5) is 0 Å². The van der Waals surface area contributed by atoms with Gasteiger partial charge in [-0.15, -0.1) is 0 Å². The molecule has 1 fully saturated rings. The van der Waals surface area contributed by atoms with E-state index in [1.54, 1.807) is 6.08 Å². The normalized spacial score (nSPS) is 20.4. The summed E-state index contributed by atoms with van der Waals surface area (Å²) >= 11 is 0. The number of rotatable bonds is 42. The maximum Gasteiger partial charge on any atom is 0.305 e. The van der Waals surface area contributed by atoms with Crippen LogP contribution in [0.25, 0.3) is 0 Å². The fraction of sp³-hybridized carbons (Fsp3) is 0.741. The number of nitrogens with one attached hydrogen (secondary N) is 1. The minimum Gasteiger partial charge on any atom is -0.466 e. The van der Waals surface area contributed by atoms with Gasteiger partial charge in [-0.1, -0.05) is 157 Å². The molecule has 11 nitrogen and oxygen atoms in total. The van der Waals surface area contributed by atoms with E-state index in [2.05, 4.69) is 67.8 Å². The molecular weight excluding hydrogens is 823 g/mol. The molecule has 11 heteroatoms. The molecule has 7 unspecified atom stereocenters. The summed E-state index contributed by atoms with van der Waals surface area (Å²) in [7, 11) is 0. The van der Waals surface area contributed by atoms with Gasteiger partial charge in [0.25, 0.3) is 0 Å². The molecule has 0 saturated carbocycles. The number of unbranched alkanes of at least 4 members (excludes halogenated alkanes) is 18. The number of esters is 1. The molecule has 374 valence electrons. The van der Waals surface area contributed by atoms with Crippen LogP contribution in [-0.4, -0.2) is 100 Å². The summed E-state index contributed by atoms with van der Waals surface area (Å²) in [6, 6.07) is -0.880. The lowest BCUT2D eigenvalue weighted by molar-refractivity contribution is -0.302. The highest BCUT2D eigenvalue weighted by Crippen LogP contribution is 2.22. The van der Waals surface area contributed by atoms with Gasteiger partial charge in [0.15, 0.2) is 6.29 Å². The van der Waals surface area contributed by atoms with E-state index in [9.17, 15) is 35.1 Å². The number of carbonyl (C=O) groups is 2. The summed E-state index contributed by atoms with van der Waals surface area (Å²) in [6.07, 6.45) is 45.7. The average Bonchev–Trinajstić information content (AvgIpc) is 3.30. The van der Waals surface area contributed by atoms with Crippen LogP contribution in [0.1, 0.15) is 194 Å². The van der Waals surface area contributed by atoms with Gasteiger partial charge in [0.2, 0.25) is 5.91 Å². The Kier molecular flexibility index (Phi) is 40.4. The average molecular weight is 916 g/mol. The third kappa shape index (κ3) is 34.1. The molecule has 7 atom stereocenters. The molecule has 1 rings (SSSR count). The summed E-state index contributed by atoms with van der Waals surface area (Å²) in [4.78, 5) is 25.0. The Balaban J connectivity index is 2.26. The molecule has 1 heterocycles. The van der Waals surface area contributed by atoms with Crippen LogP contribution in [0.2, 0.25) is 0 Å². The van der Waals surface area contributed by atoms with Crippen molar-refractivity contribution < 1.29 is 49.3 Å². The van der Waals surface area contributed by atoms with Gasteiger partial charge in [-0.25, -0.2) is 0 Å². The molecule has 0 radical (unpaired) electrons. The molecule has 0 spiro atoms.